The first-order valence-corrected chi connectivity index (χ1v) is 4.50. The fourth-order valence-corrected chi connectivity index (χ4v) is 1.28. The van der Waals surface area contributed by atoms with Gasteiger partial charge < -0.3 is 10.5 Å². The zero-order valence-corrected chi connectivity index (χ0v) is 8.18. The predicted octanol–water partition coefficient (Wildman–Crippen LogP) is 1.93. The van der Waals surface area contributed by atoms with Gasteiger partial charge >= 0.3 is 0 Å². The van der Waals surface area contributed by atoms with Gasteiger partial charge in [0.2, 0.25) is 0 Å². The van der Waals surface area contributed by atoms with Crippen LogP contribution >= 0.6 is 0 Å². The zero-order valence-electron chi connectivity index (χ0n) is 8.18. The third-order valence-corrected chi connectivity index (χ3v) is 1.74. The molecule has 1 aliphatic heterocycles. The minimum absolute atomic E-state index is 0.0255. The van der Waals surface area contributed by atoms with Gasteiger partial charge in [0.25, 0.3) is 0 Å². The van der Waals surface area contributed by atoms with Gasteiger partial charge in [0.1, 0.15) is 0 Å². The Labute approximate surface area is 70.1 Å². The van der Waals surface area contributed by atoms with E-state index < -0.39 is 0 Å². The average molecular weight is 159 g/mol. The van der Waals surface area contributed by atoms with E-state index >= 15 is 0 Å². The molecule has 1 atom stereocenters. The first-order valence-electron chi connectivity index (χ1n) is 4.50. The molecule has 1 fully saturated rings. The molecule has 2 heteroatoms. The van der Waals surface area contributed by atoms with E-state index in [0.29, 0.717) is 6.04 Å². The van der Waals surface area contributed by atoms with Crippen LogP contribution in [0.2, 0.25) is 0 Å². The standard InChI is InChI=1S/C7H15NO.C2H6/c1-7(2)5-6(8)3-4-9-7;1-2/h6H,3-5,8H2,1-2H3;1-2H3. The molecule has 0 spiro atoms. The molecular weight excluding hydrogens is 138 g/mol. The number of hydrogen-bond donors (Lipinski definition) is 1. The van der Waals surface area contributed by atoms with Gasteiger partial charge in [0.05, 0.1) is 5.60 Å². The summed E-state index contributed by atoms with van der Waals surface area (Å²) in [5.74, 6) is 0. The van der Waals surface area contributed by atoms with E-state index in [9.17, 15) is 0 Å². The highest BCUT2D eigenvalue weighted by Crippen LogP contribution is 2.22. The molecule has 2 nitrogen and oxygen atoms in total. The highest BCUT2D eigenvalue weighted by molar-refractivity contribution is 4.80. The minimum Gasteiger partial charge on any atom is -0.375 e. The van der Waals surface area contributed by atoms with Crippen LogP contribution in [0.5, 0.6) is 0 Å². The lowest BCUT2D eigenvalue weighted by Gasteiger charge is -2.33. The summed E-state index contributed by atoms with van der Waals surface area (Å²) in [5, 5.41) is 0. The molecule has 1 aliphatic rings. The molecule has 1 heterocycles. The highest BCUT2D eigenvalue weighted by atomic mass is 16.5. The summed E-state index contributed by atoms with van der Waals surface area (Å²) < 4.78 is 5.46. The second-order valence-electron chi connectivity index (χ2n) is 3.36. The Morgan fingerprint density at radius 3 is 2.18 bits per heavy atom. The minimum atomic E-state index is 0.0255. The molecule has 0 aromatic heterocycles. The molecule has 0 aromatic carbocycles. The van der Waals surface area contributed by atoms with Gasteiger partial charge in [0, 0.05) is 12.6 Å². The molecule has 68 valence electrons. The summed E-state index contributed by atoms with van der Waals surface area (Å²) in [7, 11) is 0. The van der Waals surface area contributed by atoms with Crippen LogP contribution in [0.1, 0.15) is 40.5 Å². The Morgan fingerprint density at radius 1 is 1.36 bits per heavy atom. The van der Waals surface area contributed by atoms with Crippen LogP contribution in [-0.2, 0) is 4.74 Å². The number of ether oxygens (including phenoxy) is 1. The molecule has 1 rings (SSSR count). The van der Waals surface area contributed by atoms with Gasteiger partial charge in [-0.25, -0.2) is 0 Å². The lowest BCUT2D eigenvalue weighted by Crippen LogP contribution is -2.40. The average Bonchev–Trinajstić information content (AvgIpc) is 1.89. The van der Waals surface area contributed by atoms with Crippen molar-refractivity contribution in [3.63, 3.8) is 0 Å². The largest absolute Gasteiger partial charge is 0.375 e. The molecule has 0 aliphatic carbocycles. The lowest BCUT2D eigenvalue weighted by molar-refractivity contribution is -0.0578. The third-order valence-electron chi connectivity index (χ3n) is 1.74. The van der Waals surface area contributed by atoms with Crippen LogP contribution in [0.4, 0.5) is 0 Å². The van der Waals surface area contributed by atoms with Crippen molar-refractivity contribution in [3.8, 4) is 0 Å². The molecule has 1 unspecified atom stereocenters. The fourth-order valence-electron chi connectivity index (χ4n) is 1.28. The van der Waals surface area contributed by atoms with Crippen molar-refractivity contribution in [3.05, 3.63) is 0 Å². The second kappa shape index (κ2) is 4.73. The molecule has 11 heavy (non-hydrogen) atoms. The molecule has 0 amide bonds. The Morgan fingerprint density at radius 2 is 1.91 bits per heavy atom. The van der Waals surface area contributed by atoms with E-state index in [1.54, 1.807) is 0 Å². The van der Waals surface area contributed by atoms with E-state index in [1.165, 1.54) is 0 Å². The van der Waals surface area contributed by atoms with Gasteiger partial charge in [-0.2, -0.15) is 0 Å². The van der Waals surface area contributed by atoms with Gasteiger partial charge in [0.15, 0.2) is 0 Å². The molecule has 0 radical (unpaired) electrons. The number of nitrogens with two attached hydrogens (primary N) is 1. The summed E-state index contributed by atoms with van der Waals surface area (Å²) in [4.78, 5) is 0. The third kappa shape index (κ3) is 4.38. The van der Waals surface area contributed by atoms with Gasteiger partial charge in [-0.1, -0.05) is 13.8 Å². The Hall–Kier alpha value is -0.0800. The first-order chi connectivity index (χ1) is 5.10. The molecular formula is C9H21NO. The molecule has 0 saturated carbocycles. The van der Waals surface area contributed by atoms with Crippen molar-refractivity contribution < 1.29 is 4.74 Å². The molecule has 0 aromatic rings. The Kier molecular flexibility index (Phi) is 4.69. The van der Waals surface area contributed by atoms with E-state index in [1.807, 2.05) is 13.8 Å². The van der Waals surface area contributed by atoms with Crippen LogP contribution < -0.4 is 5.73 Å². The summed E-state index contributed by atoms with van der Waals surface area (Å²) in [6, 6.07) is 0.355. The van der Waals surface area contributed by atoms with Crippen molar-refractivity contribution in [1.82, 2.24) is 0 Å². The van der Waals surface area contributed by atoms with E-state index in [2.05, 4.69) is 13.8 Å². The van der Waals surface area contributed by atoms with Gasteiger partial charge in [-0.3, -0.25) is 0 Å². The fraction of sp³-hybridized carbons (Fsp3) is 1.00. The van der Waals surface area contributed by atoms with E-state index in [4.69, 9.17) is 10.5 Å². The van der Waals surface area contributed by atoms with Crippen LogP contribution in [-0.4, -0.2) is 18.2 Å². The predicted molar refractivity (Wildman–Crippen MR) is 48.6 cm³/mol. The Bertz CT molecular complexity index is 102. The monoisotopic (exact) mass is 159 g/mol. The SMILES string of the molecule is CC.CC1(C)CC(N)CCO1. The maximum absolute atomic E-state index is 5.73. The summed E-state index contributed by atoms with van der Waals surface area (Å²) in [5.41, 5.74) is 5.76. The lowest BCUT2D eigenvalue weighted by atomic mass is 9.95. The van der Waals surface area contributed by atoms with Crippen LogP contribution in [0, 0.1) is 0 Å². The van der Waals surface area contributed by atoms with Gasteiger partial charge in [-0.15, -0.1) is 0 Å². The highest BCUT2D eigenvalue weighted by Gasteiger charge is 2.26. The summed E-state index contributed by atoms with van der Waals surface area (Å²) >= 11 is 0. The Balaban J connectivity index is 0.000000461. The van der Waals surface area contributed by atoms with Crippen LogP contribution in [0.15, 0.2) is 0 Å². The van der Waals surface area contributed by atoms with Crippen LogP contribution in [0.3, 0.4) is 0 Å². The smallest absolute Gasteiger partial charge is 0.0641 e. The van der Waals surface area contributed by atoms with Crippen molar-refractivity contribution in [2.45, 2.75) is 52.2 Å². The first kappa shape index (κ1) is 10.9. The number of hydrogen-bond acceptors (Lipinski definition) is 2. The van der Waals surface area contributed by atoms with Crippen molar-refractivity contribution in [1.29, 1.82) is 0 Å². The quantitative estimate of drug-likeness (QED) is 0.586. The van der Waals surface area contributed by atoms with Crippen LogP contribution in [0.25, 0.3) is 0 Å². The summed E-state index contributed by atoms with van der Waals surface area (Å²) in [6.07, 6.45) is 2.01. The van der Waals surface area contributed by atoms with Gasteiger partial charge in [-0.05, 0) is 26.7 Å². The van der Waals surface area contributed by atoms with Crippen molar-refractivity contribution in [2.75, 3.05) is 6.61 Å². The normalized spacial score (nSPS) is 28.6. The maximum Gasteiger partial charge on any atom is 0.0641 e. The second-order valence-corrected chi connectivity index (χ2v) is 3.36. The van der Waals surface area contributed by atoms with Crippen molar-refractivity contribution >= 4 is 0 Å². The maximum atomic E-state index is 5.73. The number of rotatable bonds is 0. The molecule has 1 saturated heterocycles. The molecule has 2 N–H and O–H groups in total. The topological polar surface area (TPSA) is 35.2 Å². The van der Waals surface area contributed by atoms with E-state index in [0.717, 1.165) is 19.4 Å². The zero-order chi connectivity index (χ0) is 8.91. The van der Waals surface area contributed by atoms with Crippen molar-refractivity contribution in [2.24, 2.45) is 5.73 Å². The molecule has 0 bridgehead atoms. The van der Waals surface area contributed by atoms with E-state index in [-0.39, 0.29) is 5.60 Å². The summed E-state index contributed by atoms with van der Waals surface area (Å²) in [6.45, 7) is 9.01.